The van der Waals surface area contributed by atoms with Gasteiger partial charge in [0, 0.05) is 32.7 Å². The normalized spacial score (nSPS) is 15.5. The number of benzene rings is 2. The molecule has 1 N–H and O–H groups in total. The standard InChI is InChI=1S/C22H30N2O2/c1-17(2)20-9-8-19(16-18(20)3)26-15-14-23-10-12-24(13-11-23)21-6-4-5-7-22(21)25/h4-9,16-17,25H,10-15H2,1-3H3. The van der Waals surface area contributed by atoms with Crippen molar-refractivity contribution in [1.82, 2.24) is 4.90 Å². The molecule has 0 aromatic heterocycles. The maximum atomic E-state index is 10.00. The lowest BCUT2D eigenvalue weighted by molar-refractivity contribution is 0.200. The van der Waals surface area contributed by atoms with Crippen molar-refractivity contribution in [2.24, 2.45) is 0 Å². The number of anilines is 1. The third kappa shape index (κ3) is 4.50. The molecule has 1 aliphatic heterocycles. The van der Waals surface area contributed by atoms with Crippen LogP contribution < -0.4 is 9.64 Å². The van der Waals surface area contributed by atoms with E-state index in [0.717, 1.165) is 44.2 Å². The van der Waals surface area contributed by atoms with Crippen LogP contribution in [-0.2, 0) is 0 Å². The number of ether oxygens (including phenoxy) is 1. The number of para-hydroxylation sites is 2. The second kappa shape index (κ2) is 8.45. The number of hydrogen-bond acceptors (Lipinski definition) is 4. The van der Waals surface area contributed by atoms with Gasteiger partial charge in [-0.15, -0.1) is 0 Å². The second-order valence-corrected chi connectivity index (χ2v) is 7.34. The number of phenols is 1. The van der Waals surface area contributed by atoms with Crippen molar-refractivity contribution in [2.75, 3.05) is 44.2 Å². The van der Waals surface area contributed by atoms with E-state index in [-0.39, 0.29) is 0 Å². The Labute approximate surface area is 157 Å². The number of aromatic hydroxyl groups is 1. The van der Waals surface area contributed by atoms with Gasteiger partial charge in [0.25, 0.3) is 0 Å². The smallest absolute Gasteiger partial charge is 0.138 e. The van der Waals surface area contributed by atoms with Crippen LogP contribution in [0.5, 0.6) is 11.5 Å². The Morgan fingerprint density at radius 3 is 2.42 bits per heavy atom. The van der Waals surface area contributed by atoms with Crippen molar-refractivity contribution in [3.05, 3.63) is 53.6 Å². The molecule has 4 nitrogen and oxygen atoms in total. The predicted octanol–water partition coefficient (Wildman–Crippen LogP) is 4.03. The van der Waals surface area contributed by atoms with Crippen molar-refractivity contribution in [1.29, 1.82) is 0 Å². The van der Waals surface area contributed by atoms with Gasteiger partial charge in [-0.05, 0) is 48.2 Å². The van der Waals surface area contributed by atoms with Crippen molar-refractivity contribution in [3.8, 4) is 11.5 Å². The largest absolute Gasteiger partial charge is 0.506 e. The van der Waals surface area contributed by atoms with Gasteiger partial charge in [-0.25, -0.2) is 0 Å². The maximum Gasteiger partial charge on any atom is 0.138 e. The van der Waals surface area contributed by atoms with Crippen LogP contribution in [0.25, 0.3) is 0 Å². The molecule has 26 heavy (non-hydrogen) atoms. The lowest BCUT2D eigenvalue weighted by Crippen LogP contribution is -2.47. The minimum Gasteiger partial charge on any atom is -0.506 e. The first kappa shape index (κ1) is 18.6. The molecular weight excluding hydrogens is 324 g/mol. The van der Waals surface area contributed by atoms with E-state index in [4.69, 9.17) is 4.74 Å². The highest BCUT2D eigenvalue weighted by Crippen LogP contribution is 2.27. The average Bonchev–Trinajstić information content (AvgIpc) is 2.63. The van der Waals surface area contributed by atoms with Crippen molar-refractivity contribution < 1.29 is 9.84 Å². The Morgan fingerprint density at radius 2 is 1.77 bits per heavy atom. The molecule has 0 bridgehead atoms. The summed E-state index contributed by atoms with van der Waals surface area (Å²) in [6.07, 6.45) is 0. The van der Waals surface area contributed by atoms with Crippen LogP contribution in [-0.4, -0.2) is 49.3 Å². The van der Waals surface area contributed by atoms with Crippen molar-refractivity contribution in [3.63, 3.8) is 0 Å². The topological polar surface area (TPSA) is 35.9 Å². The number of rotatable bonds is 6. The summed E-state index contributed by atoms with van der Waals surface area (Å²) in [7, 11) is 0. The van der Waals surface area contributed by atoms with Crippen LogP contribution in [0.15, 0.2) is 42.5 Å². The number of phenolic OH excluding ortho intramolecular Hbond substituents is 1. The van der Waals surface area contributed by atoms with Crippen LogP contribution >= 0.6 is 0 Å². The Bertz CT molecular complexity index is 722. The Balaban J connectivity index is 1.44. The first-order chi connectivity index (χ1) is 12.5. The Morgan fingerprint density at radius 1 is 1.04 bits per heavy atom. The highest BCUT2D eigenvalue weighted by atomic mass is 16.5. The van der Waals surface area contributed by atoms with Gasteiger partial charge in [0.1, 0.15) is 18.1 Å². The van der Waals surface area contributed by atoms with E-state index >= 15 is 0 Å². The fourth-order valence-electron chi connectivity index (χ4n) is 3.62. The lowest BCUT2D eigenvalue weighted by atomic mass is 9.98. The summed E-state index contributed by atoms with van der Waals surface area (Å²) in [5, 5.41) is 10.00. The molecule has 1 heterocycles. The minimum atomic E-state index is 0.365. The molecule has 0 spiro atoms. The SMILES string of the molecule is Cc1cc(OCCN2CCN(c3ccccc3O)CC2)ccc1C(C)C. The van der Waals surface area contributed by atoms with E-state index in [2.05, 4.69) is 48.8 Å². The molecule has 1 aliphatic rings. The average molecular weight is 354 g/mol. The molecule has 1 saturated heterocycles. The fraction of sp³-hybridized carbons (Fsp3) is 0.455. The highest BCUT2D eigenvalue weighted by molar-refractivity contribution is 5.57. The summed E-state index contributed by atoms with van der Waals surface area (Å²) < 4.78 is 5.96. The molecule has 0 unspecified atom stereocenters. The fourth-order valence-corrected chi connectivity index (χ4v) is 3.62. The number of hydrogen-bond donors (Lipinski definition) is 1. The van der Waals surface area contributed by atoms with E-state index in [0.29, 0.717) is 18.3 Å². The number of nitrogens with zero attached hydrogens (tertiary/aromatic N) is 2. The van der Waals surface area contributed by atoms with Crippen LogP contribution in [0.3, 0.4) is 0 Å². The van der Waals surface area contributed by atoms with Crippen LogP contribution in [0, 0.1) is 6.92 Å². The minimum absolute atomic E-state index is 0.365. The second-order valence-electron chi connectivity index (χ2n) is 7.34. The molecule has 3 rings (SSSR count). The van der Waals surface area contributed by atoms with E-state index < -0.39 is 0 Å². The van der Waals surface area contributed by atoms with Crippen LogP contribution in [0.1, 0.15) is 30.9 Å². The first-order valence-corrected chi connectivity index (χ1v) is 9.53. The molecule has 0 amide bonds. The van der Waals surface area contributed by atoms with E-state index in [1.807, 2.05) is 18.2 Å². The maximum absolute atomic E-state index is 10.00. The summed E-state index contributed by atoms with van der Waals surface area (Å²) in [5.74, 6) is 1.87. The first-order valence-electron chi connectivity index (χ1n) is 9.53. The molecule has 140 valence electrons. The zero-order chi connectivity index (χ0) is 18.5. The quantitative estimate of drug-likeness (QED) is 0.850. The van der Waals surface area contributed by atoms with E-state index in [1.54, 1.807) is 6.07 Å². The van der Waals surface area contributed by atoms with Crippen molar-refractivity contribution in [2.45, 2.75) is 26.7 Å². The molecular formula is C22H30N2O2. The van der Waals surface area contributed by atoms with Gasteiger partial charge in [-0.2, -0.15) is 0 Å². The highest BCUT2D eigenvalue weighted by Gasteiger charge is 2.18. The summed E-state index contributed by atoms with van der Waals surface area (Å²) in [6.45, 7) is 12.1. The zero-order valence-corrected chi connectivity index (χ0v) is 16.1. The van der Waals surface area contributed by atoms with E-state index in [1.165, 1.54) is 11.1 Å². The zero-order valence-electron chi connectivity index (χ0n) is 16.1. The van der Waals surface area contributed by atoms with Gasteiger partial charge in [0.05, 0.1) is 5.69 Å². The molecule has 1 fully saturated rings. The van der Waals surface area contributed by atoms with Gasteiger partial charge in [-0.1, -0.05) is 32.0 Å². The molecule has 4 heteroatoms. The molecule has 0 radical (unpaired) electrons. The number of aryl methyl sites for hydroxylation is 1. The van der Waals surface area contributed by atoms with Gasteiger partial charge in [0.15, 0.2) is 0 Å². The molecule has 2 aromatic rings. The van der Waals surface area contributed by atoms with Gasteiger partial charge in [-0.3, -0.25) is 4.90 Å². The Kier molecular flexibility index (Phi) is 6.04. The number of piperazine rings is 1. The van der Waals surface area contributed by atoms with Gasteiger partial charge < -0.3 is 14.7 Å². The monoisotopic (exact) mass is 354 g/mol. The lowest BCUT2D eigenvalue weighted by Gasteiger charge is -2.36. The molecule has 2 aromatic carbocycles. The van der Waals surface area contributed by atoms with Gasteiger partial charge in [0.2, 0.25) is 0 Å². The van der Waals surface area contributed by atoms with Crippen LogP contribution in [0.4, 0.5) is 5.69 Å². The predicted molar refractivity (Wildman–Crippen MR) is 108 cm³/mol. The Hall–Kier alpha value is -2.20. The van der Waals surface area contributed by atoms with Crippen LogP contribution in [0.2, 0.25) is 0 Å². The molecule has 0 saturated carbocycles. The summed E-state index contributed by atoms with van der Waals surface area (Å²) in [5.41, 5.74) is 3.62. The molecule has 0 atom stereocenters. The summed E-state index contributed by atoms with van der Waals surface area (Å²) in [4.78, 5) is 4.67. The van der Waals surface area contributed by atoms with Gasteiger partial charge >= 0.3 is 0 Å². The summed E-state index contributed by atoms with van der Waals surface area (Å²) >= 11 is 0. The van der Waals surface area contributed by atoms with Crippen molar-refractivity contribution >= 4 is 5.69 Å². The summed E-state index contributed by atoms with van der Waals surface area (Å²) in [6, 6.07) is 14.0. The third-order valence-electron chi connectivity index (χ3n) is 5.13. The third-order valence-corrected chi connectivity index (χ3v) is 5.13. The molecule has 0 aliphatic carbocycles. The van der Waals surface area contributed by atoms with E-state index in [9.17, 15) is 5.11 Å².